The summed E-state index contributed by atoms with van der Waals surface area (Å²) in [5.74, 6) is -0.655. The highest BCUT2D eigenvalue weighted by atomic mass is 16.4. The molecule has 4 heteroatoms. The van der Waals surface area contributed by atoms with Gasteiger partial charge in [0.05, 0.1) is 6.17 Å². The highest BCUT2D eigenvalue weighted by molar-refractivity contribution is 5.66. The van der Waals surface area contributed by atoms with Crippen LogP contribution in [0.3, 0.4) is 0 Å². The van der Waals surface area contributed by atoms with Crippen molar-refractivity contribution in [2.45, 2.75) is 150 Å². The molecule has 0 aromatic heterocycles. The summed E-state index contributed by atoms with van der Waals surface area (Å²) in [6, 6.07) is 0. The molecule has 4 nitrogen and oxygen atoms in total. The van der Waals surface area contributed by atoms with Crippen molar-refractivity contribution < 1.29 is 9.90 Å². The van der Waals surface area contributed by atoms with Crippen molar-refractivity contribution >= 4 is 5.97 Å². The van der Waals surface area contributed by atoms with Crippen LogP contribution in [0.1, 0.15) is 144 Å². The Labute approximate surface area is 195 Å². The van der Waals surface area contributed by atoms with Gasteiger partial charge in [0.15, 0.2) is 0 Å². The predicted molar refractivity (Wildman–Crippen MR) is 138 cm³/mol. The Morgan fingerprint density at radius 1 is 0.677 bits per heavy atom. The second-order valence-electron chi connectivity index (χ2n) is 8.94. The van der Waals surface area contributed by atoms with Crippen LogP contribution < -0.4 is 5.32 Å². The molecular weight excluding hydrogens is 384 g/mol. The third kappa shape index (κ3) is 27.4. The fourth-order valence-corrected chi connectivity index (χ4v) is 3.88. The zero-order valence-electron chi connectivity index (χ0n) is 22.0. The molecule has 0 aromatic rings. The molecule has 1 unspecified atom stereocenters. The number of carboxylic acid groups (broad SMARTS) is 1. The number of hydrogen-bond donors (Lipinski definition) is 2. The van der Waals surface area contributed by atoms with Gasteiger partial charge >= 0.3 is 5.97 Å². The second-order valence-corrected chi connectivity index (χ2v) is 8.94. The van der Waals surface area contributed by atoms with E-state index in [0.29, 0.717) is 12.6 Å². The lowest BCUT2D eigenvalue weighted by Crippen LogP contribution is -2.43. The molecule has 0 heterocycles. The first kappa shape index (κ1) is 32.6. The standard InChI is InChI=1S/C16H32O2.C11H26N2/c1-2-3-4-5-6-7-8-9-10-11-12-13-14-15-16(17)18;1-5-8-9-10-12-11(4)13(6-2)7-3/h2-15H2,1H3,(H,17,18);11-12H,5-10H2,1-4H3. The Hall–Kier alpha value is -0.610. The largest absolute Gasteiger partial charge is 0.481 e. The Balaban J connectivity index is 0. The van der Waals surface area contributed by atoms with Gasteiger partial charge in [0.2, 0.25) is 0 Å². The number of nitrogens with zero attached hydrogens (tertiary/aromatic N) is 1. The molecule has 0 saturated carbocycles. The third-order valence-electron chi connectivity index (χ3n) is 6.07. The van der Waals surface area contributed by atoms with E-state index in [1.807, 2.05) is 0 Å². The molecule has 0 aliphatic rings. The van der Waals surface area contributed by atoms with Gasteiger partial charge in [-0.15, -0.1) is 0 Å². The molecule has 31 heavy (non-hydrogen) atoms. The van der Waals surface area contributed by atoms with E-state index >= 15 is 0 Å². The second kappa shape index (κ2) is 27.4. The van der Waals surface area contributed by atoms with E-state index in [9.17, 15) is 4.79 Å². The Bertz CT molecular complexity index is 346. The highest BCUT2D eigenvalue weighted by Crippen LogP contribution is 2.12. The van der Waals surface area contributed by atoms with Gasteiger partial charge in [0.1, 0.15) is 0 Å². The van der Waals surface area contributed by atoms with Gasteiger partial charge in [0.25, 0.3) is 0 Å². The lowest BCUT2D eigenvalue weighted by Gasteiger charge is -2.27. The quantitative estimate of drug-likeness (QED) is 0.132. The first-order valence-electron chi connectivity index (χ1n) is 13.7. The Kier molecular flexibility index (Phi) is 28.8. The third-order valence-corrected chi connectivity index (χ3v) is 6.07. The smallest absolute Gasteiger partial charge is 0.303 e. The van der Waals surface area contributed by atoms with E-state index in [2.05, 4.69) is 44.8 Å². The average Bonchev–Trinajstić information content (AvgIpc) is 2.75. The molecule has 0 aromatic carbocycles. The van der Waals surface area contributed by atoms with Crippen LogP contribution in [-0.2, 0) is 4.79 Å². The van der Waals surface area contributed by atoms with Crippen LogP contribution in [0, 0.1) is 0 Å². The summed E-state index contributed by atoms with van der Waals surface area (Å²) in [4.78, 5) is 12.7. The van der Waals surface area contributed by atoms with Gasteiger partial charge in [-0.25, -0.2) is 0 Å². The minimum atomic E-state index is -0.655. The maximum Gasteiger partial charge on any atom is 0.303 e. The summed E-state index contributed by atoms with van der Waals surface area (Å²) in [7, 11) is 0. The van der Waals surface area contributed by atoms with Crippen molar-refractivity contribution in [1.29, 1.82) is 0 Å². The average molecular weight is 443 g/mol. The fourth-order valence-electron chi connectivity index (χ4n) is 3.88. The zero-order valence-corrected chi connectivity index (χ0v) is 22.0. The van der Waals surface area contributed by atoms with E-state index in [0.717, 1.165) is 32.5 Å². The Morgan fingerprint density at radius 2 is 1.06 bits per heavy atom. The van der Waals surface area contributed by atoms with Crippen LogP contribution in [-0.4, -0.2) is 41.8 Å². The summed E-state index contributed by atoms with van der Waals surface area (Å²) in [5.41, 5.74) is 0. The van der Waals surface area contributed by atoms with Crippen molar-refractivity contribution in [1.82, 2.24) is 10.2 Å². The summed E-state index contributed by atoms with van der Waals surface area (Å²) in [6.45, 7) is 14.6. The summed E-state index contributed by atoms with van der Waals surface area (Å²) >= 11 is 0. The van der Waals surface area contributed by atoms with Gasteiger partial charge in [-0.1, -0.05) is 118 Å². The van der Waals surface area contributed by atoms with Gasteiger partial charge in [-0.05, 0) is 39.4 Å². The number of carbonyl (C=O) groups is 1. The van der Waals surface area contributed by atoms with Crippen LogP contribution in [0.5, 0.6) is 0 Å². The molecule has 0 amide bonds. The molecule has 0 spiro atoms. The molecule has 0 aliphatic heterocycles. The molecule has 1 atom stereocenters. The monoisotopic (exact) mass is 442 g/mol. The molecule has 0 radical (unpaired) electrons. The SMILES string of the molecule is CCCCCCCCCCCCCCCC(=O)O.CCCCCNC(C)N(CC)CC. The molecule has 188 valence electrons. The maximum absolute atomic E-state index is 10.3. The van der Waals surface area contributed by atoms with Crippen LogP contribution in [0.2, 0.25) is 0 Å². The van der Waals surface area contributed by atoms with Crippen molar-refractivity contribution in [3.05, 3.63) is 0 Å². The Morgan fingerprint density at radius 3 is 1.45 bits per heavy atom. The molecule has 0 aliphatic carbocycles. The molecule has 0 rings (SSSR count). The molecule has 0 saturated heterocycles. The van der Waals surface area contributed by atoms with E-state index < -0.39 is 5.97 Å². The molecule has 0 fully saturated rings. The minimum absolute atomic E-state index is 0.345. The molecule has 0 bridgehead atoms. The lowest BCUT2D eigenvalue weighted by molar-refractivity contribution is -0.137. The van der Waals surface area contributed by atoms with E-state index in [1.54, 1.807) is 0 Å². The first-order chi connectivity index (χ1) is 15.0. The van der Waals surface area contributed by atoms with E-state index in [-0.39, 0.29) is 0 Å². The molecular formula is C27H58N2O2. The van der Waals surface area contributed by atoms with Gasteiger partial charge in [-0.2, -0.15) is 0 Å². The van der Waals surface area contributed by atoms with Crippen molar-refractivity contribution in [2.24, 2.45) is 0 Å². The maximum atomic E-state index is 10.3. The van der Waals surface area contributed by atoms with Crippen molar-refractivity contribution in [2.75, 3.05) is 19.6 Å². The van der Waals surface area contributed by atoms with Gasteiger partial charge < -0.3 is 10.4 Å². The van der Waals surface area contributed by atoms with Crippen LogP contribution in [0.4, 0.5) is 0 Å². The fraction of sp³-hybridized carbons (Fsp3) is 0.963. The number of carboxylic acids is 1. The van der Waals surface area contributed by atoms with Crippen LogP contribution in [0.25, 0.3) is 0 Å². The number of nitrogens with one attached hydrogen (secondary N) is 1. The number of unbranched alkanes of at least 4 members (excludes halogenated alkanes) is 14. The van der Waals surface area contributed by atoms with Gasteiger partial charge in [-0.3, -0.25) is 9.69 Å². The zero-order chi connectivity index (χ0) is 23.6. The molecule has 2 N–H and O–H groups in total. The van der Waals surface area contributed by atoms with E-state index in [1.165, 1.54) is 89.9 Å². The topological polar surface area (TPSA) is 52.6 Å². The summed E-state index contributed by atoms with van der Waals surface area (Å²) in [5, 5.41) is 12.0. The van der Waals surface area contributed by atoms with Crippen molar-refractivity contribution in [3.63, 3.8) is 0 Å². The first-order valence-corrected chi connectivity index (χ1v) is 13.7. The minimum Gasteiger partial charge on any atom is -0.481 e. The van der Waals surface area contributed by atoms with Gasteiger partial charge in [0, 0.05) is 6.42 Å². The summed E-state index contributed by atoms with van der Waals surface area (Å²) in [6.07, 6.45) is 21.8. The van der Waals surface area contributed by atoms with Crippen molar-refractivity contribution in [3.8, 4) is 0 Å². The van der Waals surface area contributed by atoms with Crippen LogP contribution in [0.15, 0.2) is 0 Å². The summed E-state index contributed by atoms with van der Waals surface area (Å²) < 4.78 is 0. The highest BCUT2D eigenvalue weighted by Gasteiger charge is 2.07. The predicted octanol–water partition coefficient (Wildman–Crippen LogP) is 8.01. The number of rotatable bonds is 22. The van der Waals surface area contributed by atoms with E-state index in [4.69, 9.17) is 5.11 Å². The number of aliphatic carboxylic acids is 1. The lowest BCUT2D eigenvalue weighted by atomic mass is 10.0. The van der Waals surface area contributed by atoms with Crippen LogP contribution >= 0.6 is 0 Å². The normalized spacial score (nSPS) is 11.9. The number of hydrogen-bond acceptors (Lipinski definition) is 3.